The maximum absolute atomic E-state index is 6.20. The highest BCUT2D eigenvalue weighted by molar-refractivity contribution is 6.76. The average molecular weight is 499 g/mol. The van der Waals surface area contributed by atoms with E-state index in [1.54, 1.807) is 0 Å². The minimum absolute atomic E-state index is 0.206. The van der Waals surface area contributed by atoms with Crippen molar-refractivity contribution < 1.29 is 9.47 Å². The fraction of sp³-hybridized carbons (Fsp3) is 0.714. The zero-order valence-corrected chi connectivity index (χ0v) is 24.0. The number of nitrogens with zero attached hydrogens (tertiary/aromatic N) is 4. The molecule has 35 heavy (non-hydrogen) atoms. The molecule has 0 amide bonds. The van der Waals surface area contributed by atoms with Gasteiger partial charge in [0.1, 0.15) is 0 Å². The van der Waals surface area contributed by atoms with E-state index < -0.39 is 8.07 Å². The molecule has 0 spiro atoms. The Hall–Kier alpha value is -1.54. The lowest BCUT2D eigenvalue weighted by atomic mass is 9.64. The van der Waals surface area contributed by atoms with Gasteiger partial charge in [0.25, 0.3) is 0 Å². The largest absolute Gasteiger partial charge is 0.381 e. The molecule has 0 N–H and O–H groups in total. The molecule has 6 nitrogen and oxygen atoms in total. The summed E-state index contributed by atoms with van der Waals surface area (Å²) in [5.74, 6) is 1.63. The molecule has 2 aliphatic rings. The molecule has 1 unspecified atom stereocenters. The quantitative estimate of drug-likeness (QED) is 0.334. The first-order chi connectivity index (χ1) is 16.6. The van der Waals surface area contributed by atoms with Crippen molar-refractivity contribution in [2.45, 2.75) is 65.2 Å². The summed E-state index contributed by atoms with van der Waals surface area (Å²) >= 11 is 0. The summed E-state index contributed by atoms with van der Waals surface area (Å²) in [7, 11) is 0.938. The van der Waals surface area contributed by atoms with Crippen LogP contribution in [0.1, 0.15) is 43.9 Å². The summed E-state index contributed by atoms with van der Waals surface area (Å²) in [6.45, 7) is 19.8. The number of aromatic nitrogens is 3. The molecule has 0 bridgehead atoms. The summed E-state index contributed by atoms with van der Waals surface area (Å²) in [5, 5.41) is 8.70. The molecule has 194 valence electrons. The van der Waals surface area contributed by atoms with Crippen molar-refractivity contribution >= 4 is 8.07 Å². The first-order valence-electron chi connectivity index (χ1n) is 13.4. The van der Waals surface area contributed by atoms with Crippen molar-refractivity contribution in [1.82, 2.24) is 19.9 Å². The molecule has 2 aromatic rings. The molecule has 0 saturated carbocycles. The van der Waals surface area contributed by atoms with E-state index in [0.29, 0.717) is 17.8 Å². The van der Waals surface area contributed by atoms with Crippen molar-refractivity contribution in [3.8, 4) is 11.3 Å². The normalized spacial score (nSPS) is 22.5. The number of aryl methyl sites for hydroxylation is 2. The summed E-state index contributed by atoms with van der Waals surface area (Å²) in [6.07, 6.45) is 2.25. The highest BCUT2D eigenvalue weighted by Gasteiger charge is 2.47. The monoisotopic (exact) mass is 498 g/mol. The zero-order valence-electron chi connectivity index (χ0n) is 23.0. The van der Waals surface area contributed by atoms with E-state index in [1.807, 2.05) is 11.7 Å². The highest BCUT2D eigenvalue weighted by Crippen LogP contribution is 2.51. The Morgan fingerprint density at radius 2 is 1.89 bits per heavy atom. The van der Waals surface area contributed by atoms with E-state index >= 15 is 0 Å². The fourth-order valence-electron chi connectivity index (χ4n) is 6.26. The van der Waals surface area contributed by atoms with Crippen LogP contribution in [0.3, 0.4) is 0 Å². The van der Waals surface area contributed by atoms with Gasteiger partial charge < -0.3 is 9.47 Å². The van der Waals surface area contributed by atoms with Gasteiger partial charge in [-0.3, -0.25) is 4.90 Å². The minimum atomic E-state index is -1.07. The molecule has 2 aliphatic heterocycles. The topological polar surface area (TPSA) is 52.4 Å². The van der Waals surface area contributed by atoms with Crippen molar-refractivity contribution in [2.24, 2.45) is 24.3 Å². The lowest BCUT2D eigenvalue weighted by molar-refractivity contribution is 0.0376. The number of likely N-dealkylation sites (tertiary alicyclic amines) is 1. The van der Waals surface area contributed by atoms with Crippen LogP contribution in [0.25, 0.3) is 11.3 Å². The Kier molecular flexibility index (Phi) is 8.21. The first-order valence-corrected chi connectivity index (χ1v) is 17.1. The third-order valence-corrected chi connectivity index (χ3v) is 9.84. The second kappa shape index (κ2) is 10.8. The molecule has 3 heterocycles. The molecule has 2 fully saturated rings. The van der Waals surface area contributed by atoms with E-state index in [4.69, 9.17) is 9.47 Å². The van der Waals surface area contributed by atoms with Crippen molar-refractivity contribution in [1.29, 1.82) is 0 Å². The number of benzene rings is 1. The maximum Gasteiger partial charge on any atom is 0.0990 e. The molecular formula is C28H46N4O2Si. The van der Waals surface area contributed by atoms with Gasteiger partial charge in [0.05, 0.1) is 18.1 Å². The smallest absolute Gasteiger partial charge is 0.0990 e. The summed E-state index contributed by atoms with van der Waals surface area (Å²) in [6, 6.07) is 10.2. The summed E-state index contributed by atoms with van der Waals surface area (Å²) < 4.78 is 13.9. The van der Waals surface area contributed by atoms with Crippen molar-refractivity contribution in [2.75, 3.05) is 39.6 Å². The van der Waals surface area contributed by atoms with Crippen molar-refractivity contribution in [3.63, 3.8) is 0 Å². The molecule has 2 saturated heterocycles. The highest BCUT2D eigenvalue weighted by atomic mass is 28.3. The molecule has 2 atom stereocenters. The predicted molar refractivity (Wildman–Crippen MR) is 145 cm³/mol. The molecular weight excluding hydrogens is 452 g/mol. The molecule has 0 aliphatic carbocycles. The van der Waals surface area contributed by atoms with E-state index in [-0.39, 0.29) is 5.41 Å². The van der Waals surface area contributed by atoms with Gasteiger partial charge in [0.2, 0.25) is 0 Å². The van der Waals surface area contributed by atoms with Gasteiger partial charge in [0.15, 0.2) is 0 Å². The van der Waals surface area contributed by atoms with Gasteiger partial charge >= 0.3 is 0 Å². The van der Waals surface area contributed by atoms with Crippen LogP contribution in [-0.2, 0) is 16.5 Å². The van der Waals surface area contributed by atoms with E-state index in [0.717, 1.165) is 63.9 Å². The standard InChI is InChI=1S/C28H46N4O2Si/c1-21-27(31(4)30-29-21)24-11-9-8-10-23(24)26(22-12-14-33-15-13-22)25-18-32(19-28(25,2)3)20-34-16-17-35(5,6)7/h8-11,22,25-26H,12-20H2,1-7H3/t25-,26?/m0/s1. The van der Waals surface area contributed by atoms with E-state index in [2.05, 4.69) is 79.9 Å². The molecule has 0 radical (unpaired) electrons. The van der Waals surface area contributed by atoms with Crippen LogP contribution in [0, 0.1) is 24.2 Å². The van der Waals surface area contributed by atoms with Crippen LogP contribution >= 0.6 is 0 Å². The lowest BCUT2D eigenvalue weighted by Gasteiger charge is -2.40. The van der Waals surface area contributed by atoms with Crippen LogP contribution in [0.4, 0.5) is 0 Å². The summed E-state index contributed by atoms with van der Waals surface area (Å²) in [5.41, 5.74) is 5.08. The third kappa shape index (κ3) is 6.24. The fourth-order valence-corrected chi connectivity index (χ4v) is 7.02. The van der Waals surface area contributed by atoms with Crippen LogP contribution in [0.5, 0.6) is 0 Å². The van der Waals surface area contributed by atoms with Gasteiger partial charge in [-0.15, -0.1) is 5.10 Å². The lowest BCUT2D eigenvalue weighted by Crippen LogP contribution is -2.35. The Bertz CT molecular complexity index is 958. The predicted octanol–water partition coefficient (Wildman–Crippen LogP) is 5.57. The zero-order chi connectivity index (χ0) is 25.2. The second-order valence-electron chi connectivity index (χ2n) is 12.7. The van der Waals surface area contributed by atoms with Crippen LogP contribution in [-0.4, -0.2) is 67.6 Å². The van der Waals surface area contributed by atoms with Gasteiger partial charge in [-0.05, 0) is 54.5 Å². The average Bonchev–Trinajstić information content (AvgIpc) is 3.29. The maximum atomic E-state index is 6.20. The minimum Gasteiger partial charge on any atom is -0.381 e. The number of hydrogen-bond acceptors (Lipinski definition) is 5. The molecule has 7 heteroatoms. The van der Waals surface area contributed by atoms with Gasteiger partial charge in [-0.1, -0.05) is 63.0 Å². The third-order valence-electron chi connectivity index (χ3n) is 8.14. The number of ether oxygens (including phenoxy) is 2. The Morgan fingerprint density at radius 3 is 2.54 bits per heavy atom. The van der Waals surface area contributed by atoms with Gasteiger partial charge in [-0.25, -0.2) is 4.68 Å². The Morgan fingerprint density at radius 1 is 1.17 bits per heavy atom. The van der Waals surface area contributed by atoms with Crippen LogP contribution < -0.4 is 0 Å². The van der Waals surface area contributed by atoms with Crippen LogP contribution in [0.2, 0.25) is 25.7 Å². The second-order valence-corrected chi connectivity index (χ2v) is 18.3. The molecule has 1 aromatic heterocycles. The molecule has 4 rings (SSSR count). The number of hydrogen-bond donors (Lipinski definition) is 0. The van der Waals surface area contributed by atoms with Gasteiger partial charge in [0, 0.05) is 53.6 Å². The molecule has 1 aromatic carbocycles. The van der Waals surface area contributed by atoms with Gasteiger partial charge in [-0.2, -0.15) is 0 Å². The van der Waals surface area contributed by atoms with Crippen molar-refractivity contribution in [3.05, 3.63) is 35.5 Å². The van der Waals surface area contributed by atoms with E-state index in [9.17, 15) is 0 Å². The Labute approximate surface area is 213 Å². The Balaban J connectivity index is 1.63. The van der Waals surface area contributed by atoms with E-state index in [1.165, 1.54) is 17.2 Å². The van der Waals surface area contributed by atoms with Crippen LogP contribution in [0.15, 0.2) is 24.3 Å². The first kappa shape index (κ1) is 26.5. The SMILES string of the molecule is Cc1nnn(C)c1-c1ccccc1C(C1CCOCC1)[C@@H]1CN(COCC[Si](C)(C)C)CC1(C)C. The summed E-state index contributed by atoms with van der Waals surface area (Å²) in [4.78, 5) is 2.56. The number of rotatable bonds is 9.